The van der Waals surface area contributed by atoms with Crippen molar-refractivity contribution in [1.29, 1.82) is 0 Å². The Hall–Kier alpha value is -0.150. The second kappa shape index (κ2) is 5.23. The van der Waals surface area contributed by atoms with Crippen molar-refractivity contribution in [2.45, 2.75) is 51.7 Å². The molecule has 0 unspecified atom stereocenters. The summed E-state index contributed by atoms with van der Waals surface area (Å²) in [4.78, 5) is 4.72. The minimum Gasteiger partial charge on any atom is -0.301 e. The fourth-order valence-electron chi connectivity index (χ4n) is 3.17. The number of likely N-dealkylation sites (tertiary alicyclic amines) is 2. The molecular weight excluding hydrogens is 215 g/mol. The van der Waals surface area contributed by atoms with E-state index < -0.39 is 5.67 Å². The van der Waals surface area contributed by atoms with Crippen LogP contribution in [0.2, 0.25) is 0 Å². The Bertz CT molecular complexity index is 247. The molecule has 2 aliphatic heterocycles. The van der Waals surface area contributed by atoms with Gasteiger partial charge < -0.3 is 4.90 Å². The molecule has 0 aromatic rings. The van der Waals surface area contributed by atoms with Crippen LogP contribution in [-0.2, 0) is 0 Å². The van der Waals surface area contributed by atoms with E-state index in [1.807, 2.05) is 0 Å². The molecule has 0 aliphatic carbocycles. The first-order valence-corrected chi connectivity index (χ1v) is 7.14. The SMILES string of the molecule is CC(C)N1CCC(F)(CN2CC[C@H](C)C2)CC1. The van der Waals surface area contributed by atoms with Gasteiger partial charge in [-0.15, -0.1) is 0 Å². The summed E-state index contributed by atoms with van der Waals surface area (Å²) in [7, 11) is 0. The molecular formula is C14H27FN2. The van der Waals surface area contributed by atoms with Crippen LogP contribution >= 0.6 is 0 Å². The molecule has 0 amide bonds. The largest absolute Gasteiger partial charge is 0.301 e. The Morgan fingerprint density at radius 2 is 1.88 bits per heavy atom. The molecule has 100 valence electrons. The predicted molar refractivity (Wildman–Crippen MR) is 70.0 cm³/mol. The lowest BCUT2D eigenvalue weighted by molar-refractivity contribution is 0.0201. The van der Waals surface area contributed by atoms with Gasteiger partial charge in [-0.2, -0.15) is 0 Å². The van der Waals surface area contributed by atoms with E-state index >= 15 is 0 Å². The van der Waals surface area contributed by atoms with Crippen molar-refractivity contribution in [2.24, 2.45) is 5.92 Å². The molecule has 1 atom stereocenters. The van der Waals surface area contributed by atoms with Gasteiger partial charge in [0, 0.05) is 32.2 Å². The number of hydrogen-bond donors (Lipinski definition) is 0. The number of piperidine rings is 1. The number of nitrogens with zero attached hydrogens (tertiary/aromatic N) is 2. The van der Waals surface area contributed by atoms with Gasteiger partial charge in [0.05, 0.1) is 0 Å². The van der Waals surface area contributed by atoms with Crippen LogP contribution in [0.1, 0.15) is 40.0 Å². The van der Waals surface area contributed by atoms with E-state index in [1.165, 1.54) is 6.42 Å². The first-order valence-electron chi connectivity index (χ1n) is 7.14. The lowest BCUT2D eigenvalue weighted by Gasteiger charge is -2.40. The van der Waals surface area contributed by atoms with Crippen molar-refractivity contribution in [3.8, 4) is 0 Å². The first-order chi connectivity index (χ1) is 7.98. The molecule has 0 radical (unpaired) electrons. The molecule has 0 bridgehead atoms. The van der Waals surface area contributed by atoms with Crippen molar-refractivity contribution in [3.63, 3.8) is 0 Å². The average molecular weight is 242 g/mol. The Balaban J connectivity index is 1.81. The van der Waals surface area contributed by atoms with E-state index in [9.17, 15) is 4.39 Å². The third-order valence-electron chi connectivity index (χ3n) is 4.44. The molecule has 2 fully saturated rings. The van der Waals surface area contributed by atoms with Crippen LogP contribution in [0.3, 0.4) is 0 Å². The van der Waals surface area contributed by atoms with E-state index in [1.54, 1.807) is 0 Å². The van der Waals surface area contributed by atoms with Gasteiger partial charge in [0.15, 0.2) is 0 Å². The van der Waals surface area contributed by atoms with Crippen LogP contribution in [0.15, 0.2) is 0 Å². The third kappa shape index (κ3) is 3.41. The highest BCUT2D eigenvalue weighted by Gasteiger charge is 2.37. The second-order valence-electron chi connectivity index (χ2n) is 6.41. The van der Waals surface area contributed by atoms with Crippen molar-refractivity contribution >= 4 is 0 Å². The molecule has 3 heteroatoms. The fraction of sp³-hybridized carbons (Fsp3) is 1.00. The summed E-state index contributed by atoms with van der Waals surface area (Å²) < 4.78 is 14.7. The molecule has 2 aliphatic rings. The number of alkyl halides is 1. The minimum atomic E-state index is -0.921. The summed E-state index contributed by atoms with van der Waals surface area (Å²) in [5.74, 6) is 0.759. The van der Waals surface area contributed by atoms with E-state index in [0.717, 1.165) is 44.9 Å². The molecule has 2 heterocycles. The molecule has 0 aromatic heterocycles. The zero-order chi connectivity index (χ0) is 12.5. The van der Waals surface area contributed by atoms with Crippen LogP contribution in [-0.4, -0.2) is 54.2 Å². The maximum Gasteiger partial charge on any atom is 0.126 e. The topological polar surface area (TPSA) is 6.48 Å². The van der Waals surface area contributed by atoms with Crippen LogP contribution < -0.4 is 0 Å². The monoisotopic (exact) mass is 242 g/mol. The van der Waals surface area contributed by atoms with E-state index in [2.05, 4.69) is 30.6 Å². The van der Waals surface area contributed by atoms with Crippen molar-refractivity contribution < 1.29 is 4.39 Å². The number of rotatable bonds is 3. The Morgan fingerprint density at radius 1 is 1.24 bits per heavy atom. The highest BCUT2D eigenvalue weighted by atomic mass is 19.1. The molecule has 0 aromatic carbocycles. The van der Waals surface area contributed by atoms with Gasteiger partial charge in [-0.3, -0.25) is 4.90 Å². The predicted octanol–water partition coefficient (Wildman–Crippen LogP) is 2.54. The number of hydrogen-bond acceptors (Lipinski definition) is 2. The highest BCUT2D eigenvalue weighted by molar-refractivity contribution is 4.91. The molecule has 17 heavy (non-hydrogen) atoms. The zero-order valence-electron chi connectivity index (χ0n) is 11.6. The minimum absolute atomic E-state index is 0.561. The summed E-state index contributed by atoms with van der Waals surface area (Å²) in [6, 6.07) is 0.561. The van der Waals surface area contributed by atoms with Crippen molar-refractivity contribution in [2.75, 3.05) is 32.7 Å². The number of halogens is 1. The highest BCUT2D eigenvalue weighted by Crippen LogP contribution is 2.30. The smallest absolute Gasteiger partial charge is 0.126 e. The molecule has 0 N–H and O–H groups in total. The lowest BCUT2D eigenvalue weighted by Crippen LogP contribution is -2.49. The maximum absolute atomic E-state index is 14.7. The summed E-state index contributed by atoms with van der Waals surface area (Å²) in [5, 5.41) is 0. The van der Waals surface area contributed by atoms with Crippen molar-refractivity contribution in [1.82, 2.24) is 9.80 Å². The average Bonchev–Trinajstić information content (AvgIpc) is 2.63. The van der Waals surface area contributed by atoms with E-state index in [-0.39, 0.29) is 0 Å². The van der Waals surface area contributed by atoms with Gasteiger partial charge in [0.2, 0.25) is 0 Å². The zero-order valence-corrected chi connectivity index (χ0v) is 11.6. The standard InChI is InChI=1S/C14H27FN2/c1-12(2)17-8-5-14(15,6-9-17)11-16-7-4-13(3)10-16/h12-13H,4-11H2,1-3H3/t13-/m0/s1. The van der Waals surface area contributed by atoms with Crippen LogP contribution in [0.4, 0.5) is 4.39 Å². The van der Waals surface area contributed by atoms with Gasteiger partial charge in [0.25, 0.3) is 0 Å². The van der Waals surface area contributed by atoms with Crippen LogP contribution in [0, 0.1) is 5.92 Å². The first kappa shape index (κ1) is 13.3. The summed E-state index contributed by atoms with van der Waals surface area (Å²) >= 11 is 0. The van der Waals surface area contributed by atoms with Crippen molar-refractivity contribution in [3.05, 3.63) is 0 Å². The maximum atomic E-state index is 14.7. The Kier molecular flexibility index (Phi) is 4.09. The molecule has 0 spiro atoms. The van der Waals surface area contributed by atoms with Gasteiger partial charge in [-0.05, 0) is 45.6 Å². The molecule has 0 saturated carbocycles. The lowest BCUT2D eigenvalue weighted by atomic mass is 9.92. The quantitative estimate of drug-likeness (QED) is 0.750. The van der Waals surface area contributed by atoms with E-state index in [4.69, 9.17) is 0 Å². The second-order valence-corrected chi connectivity index (χ2v) is 6.41. The van der Waals surface area contributed by atoms with Gasteiger partial charge in [0.1, 0.15) is 5.67 Å². The van der Waals surface area contributed by atoms with Crippen LogP contribution in [0.25, 0.3) is 0 Å². The fourth-order valence-corrected chi connectivity index (χ4v) is 3.17. The molecule has 2 nitrogen and oxygen atoms in total. The summed E-state index contributed by atoms with van der Waals surface area (Å²) in [6.07, 6.45) is 2.68. The Labute approximate surface area is 105 Å². The van der Waals surface area contributed by atoms with Crippen LogP contribution in [0.5, 0.6) is 0 Å². The summed E-state index contributed by atoms with van der Waals surface area (Å²) in [6.45, 7) is 11.4. The van der Waals surface area contributed by atoms with E-state index in [0.29, 0.717) is 12.6 Å². The molecule has 2 saturated heterocycles. The normalized spacial score (nSPS) is 31.2. The van der Waals surface area contributed by atoms with Gasteiger partial charge in [-0.25, -0.2) is 4.39 Å². The third-order valence-corrected chi connectivity index (χ3v) is 4.44. The van der Waals surface area contributed by atoms with Gasteiger partial charge in [-0.1, -0.05) is 6.92 Å². The molecule has 2 rings (SSSR count). The van der Waals surface area contributed by atoms with Gasteiger partial charge >= 0.3 is 0 Å². The summed E-state index contributed by atoms with van der Waals surface area (Å²) in [5.41, 5.74) is -0.921. The Morgan fingerprint density at radius 3 is 2.35 bits per heavy atom.